The summed E-state index contributed by atoms with van der Waals surface area (Å²) in [6.45, 7) is 0. The normalized spacial score (nSPS) is 8.50. The van der Waals surface area contributed by atoms with Gasteiger partial charge in [-0.25, -0.2) is 0 Å². The Kier molecular flexibility index (Phi) is 3.43. The molecule has 1 aromatic heterocycles. The Hall–Kier alpha value is -1.20. The van der Waals surface area contributed by atoms with Gasteiger partial charge in [0.2, 0.25) is 0 Å². The number of pyridine rings is 1. The molecule has 2 nitrogen and oxygen atoms in total. The molecule has 0 bridgehead atoms. The number of halogens is 1. The molecule has 0 fully saturated rings. The number of rotatable bonds is 1. The van der Waals surface area contributed by atoms with Gasteiger partial charge >= 0.3 is 0 Å². The van der Waals surface area contributed by atoms with E-state index >= 15 is 0 Å². The van der Waals surface area contributed by atoms with Crippen LogP contribution in [0.5, 0.6) is 5.75 Å². The summed E-state index contributed by atoms with van der Waals surface area (Å²) in [6, 6.07) is 1.81. The van der Waals surface area contributed by atoms with Crippen molar-refractivity contribution in [3.8, 4) is 17.6 Å². The topological polar surface area (TPSA) is 22.1 Å². The molecule has 0 aliphatic heterocycles. The van der Waals surface area contributed by atoms with Gasteiger partial charge in [0.05, 0.1) is 19.2 Å². The maximum atomic E-state index is 5.40. The maximum Gasteiger partial charge on any atom is 0.138 e. The molecule has 0 aliphatic rings. The standard InChI is InChI=1S/C9H8ClNO/c1-12-9-5-8(3-2-4-10)6-11-7-9/h5-7H,4H2,1H3. The number of hydrogen-bond acceptors (Lipinski definition) is 2. The molecule has 1 aromatic rings. The monoisotopic (exact) mass is 181 g/mol. The van der Waals surface area contributed by atoms with Crippen LogP contribution in [-0.4, -0.2) is 18.0 Å². The van der Waals surface area contributed by atoms with Crippen LogP contribution in [0.2, 0.25) is 0 Å². The summed E-state index contributed by atoms with van der Waals surface area (Å²) in [4.78, 5) is 3.94. The first-order valence-corrected chi connectivity index (χ1v) is 3.94. The van der Waals surface area contributed by atoms with Crippen molar-refractivity contribution in [2.24, 2.45) is 0 Å². The van der Waals surface area contributed by atoms with Crippen LogP contribution in [0.15, 0.2) is 18.5 Å². The van der Waals surface area contributed by atoms with Gasteiger partial charge in [0, 0.05) is 11.8 Å². The zero-order valence-corrected chi connectivity index (χ0v) is 7.43. The first-order valence-electron chi connectivity index (χ1n) is 3.40. The number of alkyl halides is 1. The highest BCUT2D eigenvalue weighted by Crippen LogP contribution is 2.08. The van der Waals surface area contributed by atoms with Crippen LogP contribution in [0, 0.1) is 11.8 Å². The van der Waals surface area contributed by atoms with Crippen LogP contribution in [0.25, 0.3) is 0 Å². The Morgan fingerprint density at radius 2 is 2.42 bits per heavy atom. The minimum atomic E-state index is 0.331. The Balaban J connectivity index is 2.86. The summed E-state index contributed by atoms with van der Waals surface area (Å²) in [7, 11) is 1.59. The number of hydrogen-bond donors (Lipinski definition) is 0. The van der Waals surface area contributed by atoms with E-state index in [0.717, 1.165) is 5.56 Å². The van der Waals surface area contributed by atoms with E-state index < -0.39 is 0 Å². The van der Waals surface area contributed by atoms with Crippen molar-refractivity contribution < 1.29 is 4.74 Å². The third-order valence-corrected chi connectivity index (χ3v) is 1.38. The lowest BCUT2D eigenvalue weighted by Gasteiger charge is -1.96. The molecule has 0 saturated heterocycles. The van der Waals surface area contributed by atoms with E-state index in [1.54, 1.807) is 19.5 Å². The lowest BCUT2D eigenvalue weighted by molar-refractivity contribution is 0.413. The van der Waals surface area contributed by atoms with E-state index in [1.807, 2.05) is 6.07 Å². The van der Waals surface area contributed by atoms with Crippen molar-refractivity contribution in [2.75, 3.05) is 13.0 Å². The molecule has 0 atom stereocenters. The molecule has 1 heterocycles. The van der Waals surface area contributed by atoms with Gasteiger partial charge in [-0.2, -0.15) is 0 Å². The fourth-order valence-electron chi connectivity index (χ4n) is 0.734. The van der Waals surface area contributed by atoms with Gasteiger partial charge in [-0.05, 0) is 6.07 Å². The third kappa shape index (κ3) is 2.44. The van der Waals surface area contributed by atoms with Crippen molar-refractivity contribution in [1.82, 2.24) is 4.98 Å². The van der Waals surface area contributed by atoms with Gasteiger partial charge in [0.25, 0.3) is 0 Å². The predicted molar refractivity (Wildman–Crippen MR) is 48.4 cm³/mol. The van der Waals surface area contributed by atoms with Gasteiger partial charge in [-0.1, -0.05) is 11.8 Å². The Morgan fingerprint density at radius 1 is 1.58 bits per heavy atom. The second-order valence-electron chi connectivity index (χ2n) is 2.05. The summed E-state index contributed by atoms with van der Waals surface area (Å²) in [5, 5.41) is 0. The molecule has 0 saturated carbocycles. The van der Waals surface area contributed by atoms with Crippen molar-refractivity contribution in [1.29, 1.82) is 0 Å². The molecule has 62 valence electrons. The Labute approximate surface area is 76.5 Å². The van der Waals surface area contributed by atoms with E-state index in [2.05, 4.69) is 16.8 Å². The third-order valence-electron chi connectivity index (χ3n) is 1.25. The molecule has 0 aliphatic carbocycles. The van der Waals surface area contributed by atoms with Crippen LogP contribution < -0.4 is 4.74 Å². The van der Waals surface area contributed by atoms with Crippen molar-refractivity contribution in [2.45, 2.75) is 0 Å². The largest absolute Gasteiger partial charge is 0.495 e. The van der Waals surface area contributed by atoms with Gasteiger partial charge < -0.3 is 4.74 Å². The van der Waals surface area contributed by atoms with Gasteiger partial charge in [0.1, 0.15) is 5.75 Å². The lowest BCUT2D eigenvalue weighted by Crippen LogP contribution is -1.85. The smallest absolute Gasteiger partial charge is 0.138 e. The summed E-state index contributed by atoms with van der Waals surface area (Å²) in [6.07, 6.45) is 3.30. The number of nitrogens with zero attached hydrogens (tertiary/aromatic N) is 1. The van der Waals surface area contributed by atoms with Gasteiger partial charge in [-0.3, -0.25) is 4.98 Å². The fourth-order valence-corrected chi connectivity index (χ4v) is 0.801. The molecular formula is C9H8ClNO. The SMILES string of the molecule is COc1cncc(C#CCCl)c1. The quantitative estimate of drug-likeness (QED) is 0.486. The summed E-state index contributed by atoms with van der Waals surface area (Å²) >= 11 is 5.40. The van der Waals surface area contributed by atoms with E-state index in [4.69, 9.17) is 16.3 Å². The predicted octanol–water partition coefficient (Wildman–Crippen LogP) is 1.68. The minimum Gasteiger partial charge on any atom is -0.495 e. The highest BCUT2D eigenvalue weighted by molar-refractivity contribution is 6.19. The second-order valence-corrected chi connectivity index (χ2v) is 2.32. The molecule has 0 aromatic carbocycles. The fraction of sp³-hybridized carbons (Fsp3) is 0.222. The van der Waals surface area contributed by atoms with Crippen molar-refractivity contribution >= 4 is 11.6 Å². The van der Waals surface area contributed by atoms with Crippen molar-refractivity contribution in [3.63, 3.8) is 0 Å². The summed E-state index contributed by atoms with van der Waals surface area (Å²) in [5.74, 6) is 6.62. The van der Waals surface area contributed by atoms with E-state index in [-0.39, 0.29) is 0 Å². The average molecular weight is 182 g/mol. The molecule has 0 radical (unpaired) electrons. The molecule has 1 rings (SSSR count). The number of ether oxygens (including phenoxy) is 1. The van der Waals surface area contributed by atoms with Gasteiger partial charge in [-0.15, -0.1) is 11.6 Å². The highest BCUT2D eigenvalue weighted by Gasteiger charge is 1.91. The Morgan fingerprint density at radius 3 is 3.08 bits per heavy atom. The number of methoxy groups -OCH3 is 1. The Bertz CT molecular complexity index is 314. The second kappa shape index (κ2) is 4.63. The highest BCUT2D eigenvalue weighted by atomic mass is 35.5. The van der Waals surface area contributed by atoms with Crippen LogP contribution in [-0.2, 0) is 0 Å². The molecule has 0 spiro atoms. The van der Waals surface area contributed by atoms with E-state index in [1.165, 1.54) is 0 Å². The molecule has 3 heteroatoms. The summed E-state index contributed by atoms with van der Waals surface area (Å²) < 4.78 is 4.97. The molecule has 12 heavy (non-hydrogen) atoms. The van der Waals surface area contributed by atoms with E-state index in [9.17, 15) is 0 Å². The number of aromatic nitrogens is 1. The van der Waals surface area contributed by atoms with Crippen LogP contribution in [0.4, 0.5) is 0 Å². The molecule has 0 amide bonds. The zero-order valence-electron chi connectivity index (χ0n) is 6.67. The zero-order chi connectivity index (χ0) is 8.81. The first-order chi connectivity index (χ1) is 5.86. The van der Waals surface area contributed by atoms with Crippen LogP contribution in [0.3, 0.4) is 0 Å². The first kappa shape index (κ1) is 8.89. The molecular weight excluding hydrogens is 174 g/mol. The van der Waals surface area contributed by atoms with Gasteiger partial charge in [0.15, 0.2) is 0 Å². The van der Waals surface area contributed by atoms with Crippen molar-refractivity contribution in [3.05, 3.63) is 24.0 Å². The molecule has 0 N–H and O–H groups in total. The van der Waals surface area contributed by atoms with E-state index in [0.29, 0.717) is 11.6 Å². The minimum absolute atomic E-state index is 0.331. The average Bonchev–Trinajstić information content (AvgIpc) is 2.15. The van der Waals surface area contributed by atoms with Crippen LogP contribution >= 0.6 is 11.6 Å². The molecule has 0 unspecified atom stereocenters. The van der Waals surface area contributed by atoms with Crippen LogP contribution in [0.1, 0.15) is 5.56 Å². The lowest BCUT2D eigenvalue weighted by atomic mass is 10.3. The summed E-state index contributed by atoms with van der Waals surface area (Å²) in [5.41, 5.74) is 0.815. The maximum absolute atomic E-state index is 5.40.